The molecule has 1 heterocycles. The van der Waals surface area contributed by atoms with Crippen LogP contribution in [0.4, 0.5) is 17.3 Å². The van der Waals surface area contributed by atoms with Crippen molar-refractivity contribution in [3.05, 3.63) is 77.9 Å². The van der Waals surface area contributed by atoms with Gasteiger partial charge in [-0.25, -0.2) is 18.4 Å². The normalized spacial score (nSPS) is 11.1. The number of aliphatic hydroxyl groups is 1. The van der Waals surface area contributed by atoms with Gasteiger partial charge in [0.15, 0.2) is 11.6 Å². The molecule has 0 radical (unpaired) electrons. The third-order valence-electron chi connectivity index (χ3n) is 5.05. The second-order valence-electron chi connectivity index (χ2n) is 7.27. The Labute approximate surface area is 196 Å². The molecule has 4 aromatic rings. The first-order chi connectivity index (χ1) is 16.4. The quantitative estimate of drug-likeness (QED) is 0.352. The molecule has 34 heavy (non-hydrogen) atoms. The van der Waals surface area contributed by atoms with Crippen molar-refractivity contribution in [2.45, 2.75) is 11.3 Å². The summed E-state index contributed by atoms with van der Waals surface area (Å²) in [6, 6.07) is 19.9. The molecule has 0 unspecified atom stereocenters. The molecule has 0 amide bonds. The molecule has 1 aromatic heterocycles. The fourth-order valence-electron chi connectivity index (χ4n) is 3.32. The Hall–Kier alpha value is -4.20. The van der Waals surface area contributed by atoms with E-state index in [1.54, 1.807) is 30.3 Å². The molecular weight excluding hydrogens is 454 g/mol. The number of fused-ring (bicyclic) bond motifs is 1. The zero-order valence-corrected chi connectivity index (χ0v) is 19.0. The minimum atomic E-state index is -4.02. The van der Waals surface area contributed by atoms with Gasteiger partial charge in [-0.15, -0.1) is 0 Å². The van der Waals surface area contributed by atoms with Gasteiger partial charge in [0.2, 0.25) is 0 Å². The Bertz CT molecular complexity index is 1480. The highest BCUT2D eigenvalue weighted by Gasteiger charge is 2.20. The molecule has 0 atom stereocenters. The van der Waals surface area contributed by atoms with Gasteiger partial charge in [-0.05, 0) is 54.4 Å². The van der Waals surface area contributed by atoms with Crippen molar-refractivity contribution in [2.75, 3.05) is 23.8 Å². The van der Waals surface area contributed by atoms with E-state index in [0.29, 0.717) is 34.5 Å². The van der Waals surface area contributed by atoms with Crippen LogP contribution < -0.4 is 14.8 Å². The van der Waals surface area contributed by atoms with Crippen molar-refractivity contribution in [3.63, 3.8) is 0 Å². The van der Waals surface area contributed by atoms with E-state index < -0.39 is 10.0 Å². The maximum absolute atomic E-state index is 13.1. The van der Waals surface area contributed by atoms with Crippen molar-refractivity contribution in [1.29, 1.82) is 5.26 Å². The number of nitrogens with zero attached hydrogens (tertiary/aromatic N) is 3. The number of nitriles is 1. The van der Waals surface area contributed by atoms with Gasteiger partial charge in [0.1, 0.15) is 5.75 Å². The molecule has 0 aliphatic carbocycles. The SMILES string of the molecule is COc1ccc(CCO)c(Nc2nc3ccccc3nc2NS(=O)(=O)c2ccc(C#N)cc2)c1. The molecule has 0 saturated heterocycles. The molecule has 172 valence electrons. The minimum Gasteiger partial charge on any atom is -0.497 e. The zero-order valence-electron chi connectivity index (χ0n) is 18.2. The number of ether oxygens (including phenoxy) is 1. The van der Waals surface area contributed by atoms with E-state index in [2.05, 4.69) is 20.0 Å². The molecule has 0 bridgehead atoms. The molecule has 0 aliphatic rings. The average molecular weight is 476 g/mol. The topological polar surface area (TPSA) is 137 Å². The van der Waals surface area contributed by atoms with E-state index in [0.717, 1.165) is 5.56 Å². The molecule has 0 saturated carbocycles. The second kappa shape index (κ2) is 9.74. The van der Waals surface area contributed by atoms with Crippen LogP contribution >= 0.6 is 0 Å². The highest BCUT2D eigenvalue weighted by atomic mass is 32.2. The van der Waals surface area contributed by atoms with Gasteiger partial charge < -0.3 is 15.2 Å². The van der Waals surface area contributed by atoms with Crippen LogP contribution in [-0.2, 0) is 16.4 Å². The van der Waals surface area contributed by atoms with Gasteiger partial charge in [-0.1, -0.05) is 18.2 Å². The lowest BCUT2D eigenvalue weighted by Crippen LogP contribution is -2.16. The highest BCUT2D eigenvalue weighted by Crippen LogP contribution is 2.31. The number of hydrogen-bond donors (Lipinski definition) is 3. The van der Waals surface area contributed by atoms with Crippen molar-refractivity contribution in [2.24, 2.45) is 0 Å². The monoisotopic (exact) mass is 475 g/mol. The van der Waals surface area contributed by atoms with E-state index in [4.69, 9.17) is 10.00 Å². The summed E-state index contributed by atoms with van der Waals surface area (Å²) in [7, 11) is -2.48. The Morgan fingerprint density at radius 1 is 1.00 bits per heavy atom. The van der Waals surface area contributed by atoms with Gasteiger partial charge >= 0.3 is 0 Å². The smallest absolute Gasteiger partial charge is 0.263 e. The summed E-state index contributed by atoms with van der Waals surface area (Å²) in [6.07, 6.45) is 0.375. The highest BCUT2D eigenvalue weighted by molar-refractivity contribution is 7.92. The molecule has 3 N–H and O–H groups in total. The number of hydrogen-bond acceptors (Lipinski definition) is 8. The maximum Gasteiger partial charge on any atom is 0.263 e. The van der Waals surface area contributed by atoms with Crippen LogP contribution in [0, 0.1) is 11.3 Å². The summed E-state index contributed by atoms with van der Waals surface area (Å²) in [4.78, 5) is 9.05. The number of anilines is 3. The average Bonchev–Trinajstić information content (AvgIpc) is 2.85. The second-order valence-corrected chi connectivity index (χ2v) is 8.96. The van der Waals surface area contributed by atoms with E-state index in [1.165, 1.54) is 31.4 Å². The van der Waals surface area contributed by atoms with Gasteiger partial charge in [-0.3, -0.25) is 4.72 Å². The number of para-hydroxylation sites is 2. The lowest BCUT2D eigenvalue weighted by atomic mass is 10.1. The Morgan fingerprint density at radius 2 is 1.68 bits per heavy atom. The summed E-state index contributed by atoms with van der Waals surface area (Å²) in [5, 5.41) is 21.6. The Balaban J connectivity index is 1.79. The van der Waals surface area contributed by atoms with Crippen molar-refractivity contribution >= 4 is 38.4 Å². The van der Waals surface area contributed by atoms with E-state index in [-0.39, 0.29) is 23.1 Å². The van der Waals surface area contributed by atoms with Crippen molar-refractivity contribution in [1.82, 2.24) is 9.97 Å². The van der Waals surface area contributed by atoms with Crippen molar-refractivity contribution < 1.29 is 18.3 Å². The first kappa shape index (κ1) is 23.0. The largest absolute Gasteiger partial charge is 0.497 e. The number of rotatable bonds is 8. The standard InChI is InChI=1S/C24H21N5O4S/c1-33-18-9-8-17(12-13-30)22(14-18)28-23-24(27-21-5-3-2-4-20(21)26-23)29-34(31,32)19-10-6-16(15-25)7-11-19/h2-11,14,30H,12-13H2,1H3,(H,26,28)(H,27,29). The molecule has 9 nitrogen and oxygen atoms in total. The van der Waals surface area contributed by atoms with Gasteiger partial charge in [-0.2, -0.15) is 5.26 Å². The molecule has 4 rings (SSSR count). The van der Waals surface area contributed by atoms with Crippen LogP contribution in [0.5, 0.6) is 5.75 Å². The van der Waals surface area contributed by atoms with Crippen LogP contribution in [-0.4, -0.2) is 37.2 Å². The van der Waals surface area contributed by atoms with Crippen LogP contribution in [0.1, 0.15) is 11.1 Å². The van der Waals surface area contributed by atoms with Crippen molar-refractivity contribution in [3.8, 4) is 11.8 Å². The fraction of sp³-hybridized carbons (Fsp3) is 0.125. The predicted molar refractivity (Wildman–Crippen MR) is 129 cm³/mol. The summed E-state index contributed by atoms with van der Waals surface area (Å²) in [5.74, 6) is 0.766. The molecule has 0 spiro atoms. The molecule has 10 heteroatoms. The fourth-order valence-corrected chi connectivity index (χ4v) is 4.33. The van der Waals surface area contributed by atoms with E-state index >= 15 is 0 Å². The lowest BCUT2D eigenvalue weighted by Gasteiger charge is -2.16. The van der Waals surface area contributed by atoms with E-state index in [1.807, 2.05) is 18.2 Å². The summed E-state index contributed by atoms with van der Waals surface area (Å²) >= 11 is 0. The van der Waals surface area contributed by atoms with Crippen LogP contribution in [0.15, 0.2) is 71.6 Å². The molecule has 0 fully saturated rings. The number of benzene rings is 3. The number of aromatic nitrogens is 2. The van der Waals surface area contributed by atoms with Gasteiger partial charge in [0.05, 0.1) is 34.7 Å². The minimum absolute atomic E-state index is 0.000767. The maximum atomic E-state index is 13.1. The van der Waals surface area contributed by atoms with Crippen LogP contribution in [0.2, 0.25) is 0 Å². The third kappa shape index (κ3) is 4.91. The molecule has 3 aromatic carbocycles. The molecular formula is C24H21N5O4S. The zero-order chi connectivity index (χ0) is 24.1. The predicted octanol–water partition coefficient (Wildman–Crippen LogP) is 3.59. The van der Waals surface area contributed by atoms with Gasteiger partial charge in [0, 0.05) is 18.4 Å². The summed E-state index contributed by atoms with van der Waals surface area (Å²) in [6.45, 7) is -0.0669. The number of nitrogens with one attached hydrogen (secondary N) is 2. The Kier molecular flexibility index (Phi) is 6.58. The molecule has 0 aliphatic heterocycles. The lowest BCUT2D eigenvalue weighted by molar-refractivity contribution is 0.299. The van der Waals surface area contributed by atoms with E-state index in [9.17, 15) is 13.5 Å². The third-order valence-corrected chi connectivity index (χ3v) is 6.40. The Morgan fingerprint density at radius 3 is 2.29 bits per heavy atom. The number of aliphatic hydroxyl groups excluding tert-OH is 1. The number of sulfonamides is 1. The summed E-state index contributed by atoms with van der Waals surface area (Å²) < 4.78 is 34.0. The van der Waals surface area contributed by atoms with Gasteiger partial charge in [0.25, 0.3) is 10.0 Å². The summed E-state index contributed by atoms with van der Waals surface area (Å²) in [5.41, 5.74) is 2.81. The first-order valence-corrected chi connectivity index (χ1v) is 11.8. The van der Waals surface area contributed by atoms with Crippen LogP contribution in [0.3, 0.4) is 0 Å². The van der Waals surface area contributed by atoms with Crippen LogP contribution in [0.25, 0.3) is 11.0 Å². The number of methoxy groups -OCH3 is 1. The first-order valence-electron chi connectivity index (χ1n) is 10.3.